The molecule has 0 unspecified atom stereocenters. The van der Waals surface area contributed by atoms with Crippen molar-refractivity contribution in [3.8, 4) is 0 Å². The summed E-state index contributed by atoms with van der Waals surface area (Å²) >= 11 is 0. The van der Waals surface area contributed by atoms with Gasteiger partial charge in [-0.05, 0) is 18.9 Å². The molecule has 1 aliphatic carbocycles. The van der Waals surface area contributed by atoms with Crippen LogP contribution in [-0.2, 0) is 10.2 Å². The van der Waals surface area contributed by atoms with E-state index in [1.165, 1.54) is 0 Å². The number of carbonyl (C=O) groups excluding carboxylic acids is 1. The number of aromatic nitrogens is 2. The molecule has 5 nitrogen and oxygen atoms in total. The highest BCUT2D eigenvalue weighted by molar-refractivity contribution is 5.78. The molecule has 1 aliphatic rings. The lowest BCUT2D eigenvalue weighted by atomic mass is 9.96. The van der Waals surface area contributed by atoms with Crippen LogP contribution in [0.25, 0.3) is 0 Å². The molecule has 2 rings (SSSR count). The number of amides is 1. The van der Waals surface area contributed by atoms with Gasteiger partial charge in [-0.3, -0.25) is 4.79 Å². The Morgan fingerprint density at radius 3 is 2.79 bits per heavy atom. The minimum atomic E-state index is -0.222. The summed E-state index contributed by atoms with van der Waals surface area (Å²) in [6.07, 6.45) is 4.61. The molecule has 1 heterocycles. The number of anilines is 1. The van der Waals surface area contributed by atoms with Gasteiger partial charge in [-0.25, -0.2) is 9.97 Å². The fourth-order valence-corrected chi connectivity index (χ4v) is 2.46. The van der Waals surface area contributed by atoms with Crippen molar-refractivity contribution in [2.45, 2.75) is 51.5 Å². The molecule has 1 amide bonds. The average Bonchev–Trinajstić information content (AvgIpc) is 2.76. The molecule has 0 radical (unpaired) electrons. The van der Waals surface area contributed by atoms with Crippen LogP contribution in [0.5, 0.6) is 0 Å². The fourth-order valence-electron chi connectivity index (χ4n) is 2.46. The number of nitrogens with one attached hydrogen (secondary N) is 1. The van der Waals surface area contributed by atoms with Crippen LogP contribution in [0.15, 0.2) is 12.3 Å². The van der Waals surface area contributed by atoms with Crippen LogP contribution in [0, 0.1) is 5.92 Å². The zero-order chi connectivity index (χ0) is 14.0. The number of primary amides is 1. The highest BCUT2D eigenvalue weighted by Gasteiger charge is 2.31. The topological polar surface area (TPSA) is 80.9 Å². The van der Waals surface area contributed by atoms with Crippen molar-refractivity contribution in [1.29, 1.82) is 0 Å². The minimum Gasteiger partial charge on any atom is -0.369 e. The normalized spacial score (nSPS) is 23.3. The first-order valence-corrected chi connectivity index (χ1v) is 6.77. The van der Waals surface area contributed by atoms with Gasteiger partial charge in [0.15, 0.2) is 0 Å². The van der Waals surface area contributed by atoms with Gasteiger partial charge in [-0.15, -0.1) is 0 Å². The third-order valence-corrected chi connectivity index (χ3v) is 3.54. The molecule has 0 saturated heterocycles. The molecule has 0 aliphatic heterocycles. The molecule has 3 N–H and O–H groups in total. The maximum atomic E-state index is 11.4. The van der Waals surface area contributed by atoms with Crippen molar-refractivity contribution in [2.75, 3.05) is 5.32 Å². The summed E-state index contributed by atoms with van der Waals surface area (Å²) in [7, 11) is 0. The predicted octanol–water partition coefficient (Wildman–Crippen LogP) is 1.84. The van der Waals surface area contributed by atoms with Gasteiger partial charge in [0.25, 0.3) is 0 Å². The van der Waals surface area contributed by atoms with Gasteiger partial charge in [0.2, 0.25) is 5.91 Å². The molecule has 2 atom stereocenters. The molecule has 1 aromatic heterocycles. The second kappa shape index (κ2) is 5.15. The van der Waals surface area contributed by atoms with E-state index in [4.69, 9.17) is 5.73 Å². The number of hydrogen-bond acceptors (Lipinski definition) is 4. The maximum Gasteiger partial charge on any atom is 0.222 e. The molecule has 0 spiro atoms. The monoisotopic (exact) mass is 262 g/mol. The lowest BCUT2D eigenvalue weighted by molar-refractivity contribution is -0.121. The van der Waals surface area contributed by atoms with Gasteiger partial charge in [0.05, 0.1) is 5.92 Å². The van der Waals surface area contributed by atoms with Crippen molar-refractivity contribution in [1.82, 2.24) is 9.97 Å². The average molecular weight is 262 g/mol. The van der Waals surface area contributed by atoms with Crippen molar-refractivity contribution in [3.05, 3.63) is 18.1 Å². The van der Waals surface area contributed by atoms with Crippen molar-refractivity contribution in [2.24, 2.45) is 11.7 Å². The van der Waals surface area contributed by atoms with Gasteiger partial charge < -0.3 is 11.1 Å². The lowest BCUT2D eigenvalue weighted by Gasteiger charge is -2.21. The van der Waals surface area contributed by atoms with Gasteiger partial charge >= 0.3 is 0 Å². The molecular weight excluding hydrogens is 240 g/mol. The molecular formula is C14H22N4O. The smallest absolute Gasteiger partial charge is 0.222 e. The van der Waals surface area contributed by atoms with Crippen LogP contribution < -0.4 is 11.1 Å². The largest absolute Gasteiger partial charge is 0.369 e. The summed E-state index contributed by atoms with van der Waals surface area (Å²) in [5.41, 5.74) is 5.34. The third kappa shape index (κ3) is 3.22. The summed E-state index contributed by atoms with van der Waals surface area (Å²) in [6.45, 7) is 6.23. The van der Waals surface area contributed by atoms with Crippen LogP contribution >= 0.6 is 0 Å². The van der Waals surface area contributed by atoms with E-state index >= 15 is 0 Å². The highest BCUT2D eigenvalue weighted by Crippen LogP contribution is 2.28. The summed E-state index contributed by atoms with van der Waals surface area (Å²) in [5.74, 6) is 1.26. The Kier molecular flexibility index (Phi) is 3.73. The van der Waals surface area contributed by atoms with E-state index in [9.17, 15) is 4.79 Å². The fraction of sp³-hybridized carbons (Fsp3) is 0.643. The van der Waals surface area contributed by atoms with Crippen LogP contribution in [0.2, 0.25) is 0 Å². The standard InChI is InChI=1S/C14H22N4O/c1-14(2,3)13-16-8-7-11(18-13)17-10-6-4-5-9(10)12(15)19/h7-10H,4-6H2,1-3H3,(H2,15,19)(H,16,17,18)/t9-,10-/m1/s1. The second-order valence-corrected chi connectivity index (χ2v) is 6.21. The van der Waals surface area contributed by atoms with Crippen LogP contribution in [0.4, 0.5) is 5.82 Å². The first-order chi connectivity index (χ1) is 8.88. The summed E-state index contributed by atoms with van der Waals surface area (Å²) < 4.78 is 0. The molecule has 19 heavy (non-hydrogen) atoms. The van der Waals surface area contributed by atoms with Crippen LogP contribution in [-0.4, -0.2) is 21.9 Å². The van der Waals surface area contributed by atoms with Gasteiger partial charge in [0, 0.05) is 17.7 Å². The van der Waals surface area contributed by atoms with Gasteiger partial charge in [0.1, 0.15) is 11.6 Å². The van der Waals surface area contributed by atoms with E-state index in [0.717, 1.165) is 30.9 Å². The number of rotatable bonds is 3. The van der Waals surface area contributed by atoms with Crippen molar-refractivity contribution < 1.29 is 4.79 Å². The Hall–Kier alpha value is -1.65. The number of carbonyl (C=O) groups is 1. The first kappa shape index (κ1) is 13.8. The van der Waals surface area contributed by atoms with Gasteiger partial charge in [-0.2, -0.15) is 0 Å². The van der Waals surface area contributed by atoms with E-state index < -0.39 is 0 Å². The molecule has 5 heteroatoms. The third-order valence-electron chi connectivity index (χ3n) is 3.54. The SMILES string of the molecule is CC(C)(C)c1nccc(N[C@@H]2CCC[C@H]2C(N)=O)n1. The zero-order valence-corrected chi connectivity index (χ0v) is 11.8. The zero-order valence-electron chi connectivity index (χ0n) is 11.8. The number of nitrogens with two attached hydrogens (primary N) is 1. The maximum absolute atomic E-state index is 11.4. The number of hydrogen-bond donors (Lipinski definition) is 2. The van der Waals surface area contributed by atoms with E-state index in [-0.39, 0.29) is 23.3 Å². The minimum absolute atomic E-state index is 0.0869. The summed E-state index contributed by atoms with van der Waals surface area (Å²) in [6, 6.07) is 1.94. The van der Waals surface area contributed by atoms with E-state index in [1.807, 2.05) is 6.07 Å². The molecule has 1 aromatic rings. The predicted molar refractivity (Wildman–Crippen MR) is 74.7 cm³/mol. The molecule has 1 saturated carbocycles. The number of nitrogens with zero attached hydrogens (tertiary/aromatic N) is 2. The summed E-state index contributed by atoms with van der Waals surface area (Å²) in [5, 5.41) is 3.33. The molecule has 1 fully saturated rings. The van der Waals surface area contributed by atoms with Crippen molar-refractivity contribution >= 4 is 11.7 Å². The molecule has 104 valence electrons. The Morgan fingerprint density at radius 2 is 2.16 bits per heavy atom. The first-order valence-electron chi connectivity index (χ1n) is 6.77. The lowest BCUT2D eigenvalue weighted by Crippen LogP contribution is -2.34. The van der Waals surface area contributed by atoms with Crippen molar-refractivity contribution in [3.63, 3.8) is 0 Å². The van der Waals surface area contributed by atoms with Crippen LogP contribution in [0.3, 0.4) is 0 Å². The Morgan fingerprint density at radius 1 is 1.42 bits per heavy atom. The Labute approximate surface area is 114 Å². The molecule has 0 aromatic carbocycles. The highest BCUT2D eigenvalue weighted by atomic mass is 16.1. The van der Waals surface area contributed by atoms with E-state index in [0.29, 0.717) is 0 Å². The van der Waals surface area contributed by atoms with E-state index in [2.05, 4.69) is 36.1 Å². The van der Waals surface area contributed by atoms with Gasteiger partial charge in [-0.1, -0.05) is 27.2 Å². The quantitative estimate of drug-likeness (QED) is 0.871. The Bertz CT molecular complexity index is 467. The Balaban J connectivity index is 2.13. The molecule has 0 bridgehead atoms. The van der Waals surface area contributed by atoms with Crippen LogP contribution in [0.1, 0.15) is 45.9 Å². The summed E-state index contributed by atoms with van der Waals surface area (Å²) in [4.78, 5) is 20.2. The van der Waals surface area contributed by atoms with E-state index in [1.54, 1.807) is 6.20 Å². The second-order valence-electron chi connectivity index (χ2n) is 6.21.